The second kappa shape index (κ2) is 8.66. The topological polar surface area (TPSA) is 38.9 Å². The molecule has 0 radical (unpaired) electrons. The quantitative estimate of drug-likeness (QED) is 0.528. The molecule has 0 unspecified atom stereocenters. The van der Waals surface area contributed by atoms with E-state index in [0.717, 1.165) is 22.4 Å². The number of nitrogens with zero attached hydrogens (tertiary/aromatic N) is 2. The minimum absolute atomic E-state index is 0.436. The Bertz CT molecular complexity index is 615. The Balaban J connectivity index is 1.51. The molecule has 0 aliphatic heterocycles. The van der Waals surface area contributed by atoms with Gasteiger partial charge in [0, 0.05) is 16.5 Å². The summed E-state index contributed by atoms with van der Waals surface area (Å²) in [6.45, 7) is 2.27. The van der Waals surface area contributed by atoms with Gasteiger partial charge in [0.1, 0.15) is 0 Å². The number of unbranched alkanes of at least 4 members (excludes halogenated alkanes) is 3. The minimum Gasteiger partial charge on any atom is -0.339 e. The van der Waals surface area contributed by atoms with Gasteiger partial charge in [-0.3, -0.25) is 0 Å². The van der Waals surface area contributed by atoms with Crippen LogP contribution in [0.3, 0.4) is 0 Å². The number of hydrogen-bond donors (Lipinski definition) is 0. The summed E-state index contributed by atoms with van der Waals surface area (Å²) in [6.07, 6.45) is 11.8. The molecule has 24 heavy (non-hydrogen) atoms. The van der Waals surface area contributed by atoms with Gasteiger partial charge in [0.15, 0.2) is 0 Å². The molecule has 1 aromatic carbocycles. The fraction of sp³-hybridized carbons (Fsp3) is 0.600. The van der Waals surface area contributed by atoms with Gasteiger partial charge in [-0.2, -0.15) is 4.98 Å². The molecule has 130 valence electrons. The van der Waals surface area contributed by atoms with Crippen molar-refractivity contribution in [3.05, 3.63) is 35.2 Å². The van der Waals surface area contributed by atoms with Crippen LogP contribution in [0.25, 0.3) is 11.4 Å². The predicted octanol–water partition coefficient (Wildman–Crippen LogP) is 6.63. The number of benzene rings is 1. The van der Waals surface area contributed by atoms with Gasteiger partial charge in [-0.1, -0.05) is 55.8 Å². The summed E-state index contributed by atoms with van der Waals surface area (Å²) in [5.41, 5.74) is 0.957. The molecular weight excluding hydrogens is 320 g/mol. The van der Waals surface area contributed by atoms with Gasteiger partial charge in [-0.05, 0) is 55.9 Å². The highest BCUT2D eigenvalue weighted by atomic mass is 35.5. The Labute approximate surface area is 149 Å². The first kappa shape index (κ1) is 17.5. The molecule has 1 fully saturated rings. The molecule has 0 bridgehead atoms. The summed E-state index contributed by atoms with van der Waals surface area (Å²) < 4.78 is 5.54. The Hall–Kier alpha value is -1.35. The van der Waals surface area contributed by atoms with E-state index in [4.69, 9.17) is 16.1 Å². The first-order chi connectivity index (χ1) is 11.8. The molecular formula is C20H27ClN2O. The first-order valence-electron chi connectivity index (χ1n) is 9.35. The molecule has 1 saturated carbocycles. The van der Waals surface area contributed by atoms with Crippen LogP contribution in [-0.2, 0) is 0 Å². The van der Waals surface area contributed by atoms with Gasteiger partial charge in [-0.25, -0.2) is 0 Å². The normalized spacial score (nSPS) is 21.1. The zero-order chi connectivity index (χ0) is 16.8. The Morgan fingerprint density at radius 1 is 1.04 bits per heavy atom. The van der Waals surface area contributed by atoms with E-state index in [1.54, 1.807) is 0 Å². The maximum absolute atomic E-state index is 5.93. The summed E-state index contributed by atoms with van der Waals surface area (Å²) in [5, 5.41) is 4.87. The second-order valence-electron chi connectivity index (χ2n) is 7.03. The predicted molar refractivity (Wildman–Crippen MR) is 98.2 cm³/mol. The molecule has 0 atom stereocenters. The Morgan fingerprint density at radius 3 is 2.50 bits per heavy atom. The lowest BCUT2D eigenvalue weighted by Gasteiger charge is -2.26. The average molecular weight is 347 g/mol. The zero-order valence-electron chi connectivity index (χ0n) is 14.5. The van der Waals surface area contributed by atoms with Gasteiger partial charge in [0.2, 0.25) is 11.7 Å². The van der Waals surface area contributed by atoms with E-state index >= 15 is 0 Å². The van der Waals surface area contributed by atoms with Crippen LogP contribution < -0.4 is 0 Å². The molecule has 1 aliphatic rings. The molecule has 1 heterocycles. The maximum atomic E-state index is 5.93. The molecule has 3 rings (SSSR count). The van der Waals surface area contributed by atoms with Crippen molar-refractivity contribution in [2.45, 2.75) is 70.6 Å². The van der Waals surface area contributed by atoms with Crippen LogP contribution >= 0.6 is 11.6 Å². The van der Waals surface area contributed by atoms with E-state index in [9.17, 15) is 0 Å². The van der Waals surface area contributed by atoms with Crippen LogP contribution in [0.2, 0.25) is 5.02 Å². The first-order valence-corrected chi connectivity index (χ1v) is 9.73. The number of halogens is 1. The number of aromatic nitrogens is 2. The van der Waals surface area contributed by atoms with Crippen LogP contribution in [0.5, 0.6) is 0 Å². The zero-order valence-corrected chi connectivity index (χ0v) is 15.3. The van der Waals surface area contributed by atoms with Crippen molar-refractivity contribution in [1.82, 2.24) is 10.1 Å². The van der Waals surface area contributed by atoms with Gasteiger partial charge in [0.25, 0.3) is 0 Å². The van der Waals surface area contributed by atoms with Crippen molar-refractivity contribution in [3.8, 4) is 11.4 Å². The minimum atomic E-state index is 0.436. The monoisotopic (exact) mass is 346 g/mol. The van der Waals surface area contributed by atoms with Crippen LogP contribution in [0.1, 0.15) is 76.5 Å². The molecule has 0 amide bonds. The molecule has 3 nitrogen and oxygen atoms in total. The second-order valence-corrected chi connectivity index (χ2v) is 7.47. The van der Waals surface area contributed by atoms with E-state index in [0.29, 0.717) is 11.7 Å². The van der Waals surface area contributed by atoms with Crippen molar-refractivity contribution in [2.75, 3.05) is 0 Å². The molecule has 1 aliphatic carbocycles. The van der Waals surface area contributed by atoms with Gasteiger partial charge in [0.05, 0.1) is 0 Å². The van der Waals surface area contributed by atoms with Gasteiger partial charge < -0.3 is 4.52 Å². The summed E-state index contributed by atoms with van der Waals surface area (Å²) in [6, 6.07) is 7.58. The molecule has 0 spiro atoms. The molecule has 0 N–H and O–H groups in total. The lowest BCUT2D eigenvalue weighted by Crippen LogP contribution is -2.13. The number of rotatable bonds is 7. The average Bonchev–Trinajstić information content (AvgIpc) is 3.10. The molecule has 4 heteroatoms. The van der Waals surface area contributed by atoms with Crippen LogP contribution in [-0.4, -0.2) is 10.1 Å². The highest BCUT2D eigenvalue weighted by Crippen LogP contribution is 2.37. The lowest BCUT2D eigenvalue weighted by molar-refractivity contribution is 0.259. The third kappa shape index (κ3) is 4.60. The van der Waals surface area contributed by atoms with E-state index in [-0.39, 0.29) is 0 Å². The van der Waals surface area contributed by atoms with E-state index in [2.05, 4.69) is 17.1 Å². The van der Waals surface area contributed by atoms with Crippen LogP contribution in [0.15, 0.2) is 28.8 Å². The summed E-state index contributed by atoms with van der Waals surface area (Å²) in [4.78, 5) is 4.62. The van der Waals surface area contributed by atoms with E-state index in [1.807, 2.05) is 24.3 Å². The lowest BCUT2D eigenvalue weighted by atomic mass is 9.79. The fourth-order valence-corrected chi connectivity index (χ4v) is 3.80. The smallest absolute Gasteiger partial charge is 0.230 e. The Kier molecular flexibility index (Phi) is 6.30. The van der Waals surface area contributed by atoms with Crippen LogP contribution in [0, 0.1) is 5.92 Å². The van der Waals surface area contributed by atoms with Gasteiger partial charge >= 0.3 is 0 Å². The highest BCUT2D eigenvalue weighted by Gasteiger charge is 2.26. The van der Waals surface area contributed by atoms with Crippen molar-refractivity contribution < 1.29 is 4.52 Å². The number of hydrogen-bond acceptors (Lipinski definition) is 3. The van der Waals surface area contributed by atoms with E-state index < -0.39 is 0 Å². The third-order valence-electron chi connectivity index (χ3n) is 5.21. The SMILES string of the molecule is CCCCCCC1CCC(c2nc(-c3ccc(Cl)cc3)no2)CC1. The highest BCUT2D eigenvalue weighted by molar-refractivity contribution is 6.30. The van der Waals surface area contributed by atoms with Crippen molar-refractivity contribution in [1.29, 1.82) is 0 Å². The van der Waals surface area contributed by atoms with Gasteiger partial charge in [-0.15, -0.1) is 0 Å². The molecule has 0 saturated heterocycles. The Morgan fingerprint density at radius 2 is 1.79 bits per heavy atom. The van der Waals surface area contributed by atoms with E-state index in [1.165, 1.54) is 57.8 Å². The molecule has 2 aromatic rings. The third-order valence-corrected chi connectivity index (χ3v) is 5.46. The maximum Gasteiger partial charge on any atom is 0.230 e. The van der Waals surface area contributed by atoms with Crippen LogP contribution in [0.4, 0.5) is 0 Å². The molecule has 1 aromatic heterocycles. The summed E-state index contributed by atoms with van der Waals surface area (Å²) in [7, 11) is 0. The summed E-state index contributed by atoms with van der Waals surface area (Å²) in [5.74, 6) is 2.81. The standard InChI is InChI=1S/C20H27ClN2O/c1-2-3-4-5-6-15-7-9-17(10-8-15)20-22-19(23-24-20)16-11-13-18(21)14-12-16/h11-15,17H,2-10H2,1H3. The largest absolute Gasteiger partial charge is 0.339 e. The van der Waals surface area contributed by atoms with Crippen molar-refractivity contribution >= 4 is 11.6 Å². The van der Waals surface area contributed by atoms with Crippen molar-refractivity contribution in [3.63, 3.8) is 0 Å². The van der Waals surface area contributed by atoms with Crippen molar-refractivity contribution in [2.24, 2.45) is 5.92 Å². The summed E-state index contributed by atoms with van der Waals surface area (Å²) >= 11 is 5.93. The fourth-order valence-electron chi connectivity index (χ4n) is 3.68.